The Labute approximate surface area is 108 Å². The third-order valence-electron chi connectivity index (χ3n) is 4.49. The van der Waals surface area contributed by atoms with Crippen LogP contribution in [0.25, 0.3) is 0 Å². The van der Waals surface area contributed by atoms with Gasteiger partial charge in [-0.2, -0.15) is 5.10 Å². The van der Waals surface area contributed by atoms with Gasteiger partial charge in [-0.1, -0.05) is 19.3 Å². The Hall–Kier alpha value is -1.32. The van der Waals surface area contributed by atoms with Crippen molar-refractivity contribution in [3.63, 3.8) is 0 Å². The van der Waals surface area contributed by atoms with Crippen molar-refractivity contribution >= 4 is 11.6 Å². The molecule has 0 saturated heterocycles. The predicted octanol–water partition coefficient (Wildman–Crippen LogP) is 2.84. The molecule has 0 bridgehead atoms. The first-order valence-corrected chi connectivity index (χ1v) is 7.05. The molecule has 1 amide bonds. The second-order valence-electron chi connectivity index (χ2n) is 5.76. The number of hydrogen-bond acceptors (Lipinski definition) is 2. The summed E-state index contributed by atoms with van der Waals surface area (Å²) in [6, 6.07) is 0. The van der Waals surface area contributed by atoms with E-state index in [4.69, 9.17) is 0 Å². The molecule has 4 heteroatoms. The number of aryl methyl sites for hydroxylation is 1. The highest BCUT2D eigenvalue weighted by molar-refractivity contribution is 5.89. The molecule has 2 heterocycles. The number of rotatable bonds is 1. The van der Waals surface area contributed by atoms with E-state index in [1.807, 2.05) is 6.20 Å². The molecule has 0 atom stereocenters. The molecule has 1 spiro atoms. The SMILES string of the molecule is CC(=O)Nc1cnn2c1C1(CCCCC1)CCC2. The zero-order valence-electron chi connectivity index (χ0n) is 11.0. The van der Waals surface area contributed by atoms with Gasteiger partial charge in [0, 0.05) is 18.9 Å². The second kappa shape index (κ2) is 4.41. The monoisotopic (exact) mass is 247 g/mol. The highest BCUT2D eigenvalue weighted by Crippen LogP contribution is 2.47. The van der Waals surface area contributed by atoms with Gasteiger partial charge in [0.1, 0.15) is 0 Å². The molecular formula is C14H21N3O. The van der Waals surface area contributed by atoms with E-state index in [0.29, 0.717) is 0 Å². The van der Waals surface area contributed by atoms with Crippen LogP contribution < -0.4 is 5.32 Å². The molecule has 2 aliphatic rings. The number of fused-ring (bicyclic) bond motifs is 2. The van der Waals surface area contributed by atoms with E-state index in [9.17, 15) is 4.79 Å². The smallest absolute Gasteiger partial charge is 0.221 e. The molecule has 0 radical (unpaired) electrons. The van der Waals surface area contributed by atoms with E-state index in [-0.39, 0.29) is 11.3 Å². The van der Waals surface area contributed by atoms with Gasteiger partial charge in [-0.3, -0.25) is 9.48 Å². The van der Waals surface area contributed by atoms with Crippen molar-refractivity contribution in [1.29, 1.82) is 0 Å². The number of carbonyl (C=O) groups is 1. The lowest BCUT2D eigenvalue weighted by Crippen LogP contribution is -2.36. The number of anilines is 1. The molecular weight excluding hydrogens is 226 g/mol. The number of aromatic nitrogens is 2. The average molecular weight is 247 g/mol. The Morgan fingerprint density at radius 2 is 2.00 bits per heavy atom. The molecule has 1 aliphatic carbocycles. The maximum atomic E-state index is 11.3. The summed E-state index contributed by atoms with van der Waals surface area (Å²) in [6.45, 7) is 2.57. The van der Waals surface area contributed by atoms with Crippen LogP contribution in [-0.4, -0.2) is 15.7 Å². The molecule has 1 saturated carbocycles. The van der Waals surface area contributed by atoms with Gasteiger partial charge in [0.2, 0.25) is 5.91 Å². The molecule has 1 fully saturated rings. The van der Waals surface area contributed by atoms with E-state index in [0.717, 1.165) is 12.2 Å². The van der Waals surface area contributed by atoms with Crippen LogP contribution in [0.15, 0.2) is 6.20 Å². The van der Waals surface area contributed by atoms with Gasteiger partial charge in [0.15, 0.2) is 0 Å². The van der Waals surface area contributed by atoms with Gasteiger partial charge in [-0.15, -0.1) is 0 Å². The Balaban J connectivity index is 2.01. The van der Waals surface area contributed by atoms with Crippen LogP contribution in [0.5, 0.6) is 0 Å². The summed E-state index contributed by atoms with van der Waals surface area (Å²) in [5, 5.41) is 7.42. The summed E-state index contributed by atoms with van der Waals surface area (Å²) in [5.41, 5.74) is 2.53. The summed E-state index contributed by atoms with van der Waals surface area (Å²) >= 11 is 0. The Kier molecular flexibility index (Phi) is 2.88. The fourth-order valence-corrected chi connectivity index (χ4v) is 3.80. The number of nitrogens with zero attached hydrogens (tertiary/aromatic N) is 2. The highest BCUT2D eigenvalue weighted by Gasteiger charge is 2.40. The van der Waals surface area contributed by atoms with Gasteiger partial charge in [0.05, 0.1) is 17.6 Å². The standard InChI is InChI=1S/C14H21N3O/c1-11(18)16-12-10-15-17-9-5-8-14(13(12)17)6-3-2-4-7-14/h10H,2-9H2,1H3,(H,16,18). The number of carbonyl (C=O) groups excluding carboxylic acids is 1. The van der Waals surface area contributed by atoms with Crippen LogP contribution in [0, 0.1) is 0 Å². The maximum absolute atomic E-state index is 11.3. The largest absolute Gasteiger partial charge is 0.323 e. The summed E-state index contributed by atoms with van der Waals surface area (Å²) in [7, 11) is 0. The van der Waals surface area contributed by atoms with E-state index in [1.54, 1.807) is 6.92 Å². The van der Waals surface area contributed by atoms with Crippen molar-refractivity contribution in [2.45, 2.75) is 63.8 Å². The first-order valence-electron chi connectivity index (χ1n) is 7.05. The summed E-state index contributed by atoms with van der Waals surface area (Å²) < 4.78 is 2.13. The Morgan fingerprint density at radius 1 is 1.28 bits per heavy atom. The molecule has 0 unspecified atom stereocenters. The first kappa shape index (κ1) is 11.8. The first-order chi connectivity index (χ1) is 8.71. The minimum atomic E-state index is 0.00216. The Morgan fingerprint density at radius 3 is 2.72 bits per heavy atom. The lowest BCUT2D eigenvalue weighted by molar-refractivity contribution is -0.114. The second-order valence-corrected chi connectivity index (χ2v) is 5.76. The number of hydrogen-bond donors (Lipinski definition) is 1. The van der Waals surface area contributed by atoms with Gasteiger partial charge >= 0.3 is 0 Å². The van der Waals surface area contributed by atoms with Gasteiger partial charge in [-0.25, -0.2) is 0 Å². The molecule has 0 aromatic carbocycles. The fraction of sp³-hybridized carbons (Fsp3) is 0.714. The van der Waals surface area contributed by atoms with Crippen molar-refractivity contribution < 1.29 is 4.79 Å². The zero-order chi connectivity index (χ0) is 12.6. The summed E-state index contributed by atoms with van der Waals surface area (Å²) in [6.07, 6.45) is 10.8. The number of amides is 1. The molecule has 3 rings (SSSR count). The molecule has 18 heavy (non-hydrogen) atoms. The van der Waals surface area contributed by atoms with Crippen LogP contribution in [0.1, 0.15) is 57.6 Å². The highest BCUT2D eigenvalue weighted by atomic mass is 16.1. The quantitative estimate of drug-likeness (QED) is 0.829. The summed E-state index contributed by atoms with van der Waals surface area (Å²) in [5.74, 6) is 0.00216. The van der Waals surface area contributed by atoms with E-state index < -0.39 is 0 Å². The minimum absolute atomic E-state index is 0.00216. The zero-order valence-corrected chi connectivity index (χ0v) is 11.0. The van der Waals surface area contributed by atoms with Gasteiger partial charge < -0.3 is 5.32 Å². The third-order valence-corrected chi connectivity index (χ3v) is 4.49. The molecule has 1 aromatic rings. The average Bonchev–Trinajstić information content (AvgIpc) is 2.74. The van der Waals surface area contributed by atoms with Crippen LogP contribution in [0.4, 0.5) is 5.69 Å². The van der Waals surface area contributed by atoms with Crippen LogP contribution >= 0.6 is 0 Å². The van der Waals surface area contributed by atoms with Gasteiger partial charge in [-0.05, 0) is 25.7 Å². The molecule has 1 aromatic heterocycles. The van der Waals surface area contributed by atoms with Crippen LogP contribution in [-0.2, 0) is 16.8 Å². The molecule has 98 valence electrons. The van der Waals surface area contributed by atoms with Crippen molar-refractivity contribution in [2.75, 3.05) is 5.32 Å². The maximum Gasteiger partial charge on any atom is 0.221 e. The Bertz CT molecular complexity index is 458. The van der Waals surface area contributed by atoms with Crippen molar-refractivity contribution in [3.8, 4) is 0 Å². The van der Waals surface area contributed by atoms with Crippen molar-refractivity contribution in [3.05, 3.63) is 11.9 Å². The number of nitrogens with one attached hydrogen (secondary N) is 1. The third kappa shape index (κ3) is 1.84. The normalized spacial score (nSPS) is 21.6. The van der Waals surface area contributed by atoms with E-state index in [1.165, 1.54) is 50.6 Å². The summed E-state index contributed by atoms with van der Waals surface area (Å²) in [4.78, 5) is 11.3. The molecule has 1 aliphatic heterocycles. The fourth-order valence-electron chi connectivity index (χ4n) is 3.80. The van der Waals surface area contributed by atoms with Crippen molar-refractivity contribution in [2.24, 2.45) is 0 Å². The topological polar surface area (TPSA) is 46.9 Å². The molecule has 1 N–H and O–H groups in total. The van der Waals surface area contributed by atoms with Crippen molar-refractivity contribution in [1.82, 2.24) is 9.78 Å². The van der Waals surface area contributed by atoms with E-state index >= 15 is 0 Å². The lowest BCUT2D eigenvalue weighted by Gasteiger charge is -2.41. The predicted molar refractivity (Wildman–Crippen MR) is 70.5 cm³/mol. The van der Waals surface area contributed by atoms with Crippen LogP contribution in [0.3, 0.4) is 0 Å². The van der Waals surface area contributed by atoms with E-state index in [2.05, 4.69) is 15.1 Å². The van der Waals surface area contributed by atoms with Gasteiger partial charge in [0.25, 0.3) is 0 Å². The molecule has 4 nitrogen and oxygen atoms in total. The lowest BCUT2D eigenvalue weighted by atomic mass is 9.67. The van der Waals surface area contributed by atoms with Crippen LogP contribution in [0.2, 0.25) is 0 Å². The minimum Gasteiger partial charge on any atom is -0.323 e.